The molecule has 0 saturated heterocycles. The van der Waals surface area contributed by atoms with Gasteiger partial charge < -0.3 is 0 Å². The van der Waals surface area contributed by atoms with E-state index in [9.17, 15) is 0 Å². The summed E-state index contributed by atoms with van der Waals surface area (Å²) in [6, 6.07) is 0. The SMILES string of the molecule is C#CCCC/C=C(C)/C=C/C1=C(C)CCCC1(C)C. The molecule has 0 unspecified atom stereocenters. The summed E-state index contributed by atoms with van der Waals surface area (Å²) in [7, 11) is 0. The topological polar surface area (TPSA) is 0 Å². The van der Waals surface area contributed by atoms with E-state index >= 15 is 0 Å². The first-order valence-corrected chi connectivity index (χ1v) is 7.46. The molecular weight excluding hydrogens is 228 g/mol. The van der Waals surface area contributed by atoms with E-state index in [1.54, 1.807) is 5.57 Å². The number of unbranched alkanes of at least 4 members (excludes halogenated alkanes) is 2. The third-order valence-electron chi connectivity index (χ3n) is 4.05. The monoisotopic (exact) mass is 256 g/mol. The van der Waals surface area contributed by atoms with Gasteiger partial charge in [-0.25, -0.2) is 0 Å². The van der Waals surface area contributed by atoms with Crippen LogP contribution in [0.2, 0.25) is 0 Å². The quantitative estimate of drug-likeness (QED) is 0.330. The molecule has 0 radical (unpaired) electrons. The first-order chi connectivity index (χ1) is 8.97. The minimum absolute atomic E-state index is 0.336. The first-order valence-electron chi connectivity index (χ1n) is 7.46. The molecule has 0 heteroatoms. The summed E-state index contributed by atoms with van der Waals surface area (Å²) in [5, 5.41) is 0. The number of terminal acetylenes is 1. The molecule has 19 heavy (non-hydrogen) atoms. The van der Waals surface area contributed by atoms with Gasteiger partial charge in [0, 0.05) is 6.42 Å². The summed E-state index contributed by atoms with van der Waals surface area (Å²) in [6.07, 6.45) is 19.1. The molecule has 1 aliphatic carbocycles. The summed E-state index contributed by atoms with van der Waals surface area (Å²) in [4.78, 5) is 0. The second-order valence-electron chi connectivity index (χ2n) is 6.31. The van der Waals surface area contributed by atoms with Gasteiger partial charge in [0.1, 0.15) is 0 Å². The molecule has 104 valence electrons. The molecule has 0 amide bonds. The van der Waals surface area contributed by atoms with E-state index in [0.29, 0.717) is 5.41 Å². The van der Waals surface area contributed by atoms with Gasteiger partial charge in [0.25, 0.3) is 0 Å². The van der Waals surface area contributed by atoms with Gasteiger partial charge in [-0.3, -0.25) is 0 Å². The van der Waals surface area contributed by atoms with Crippen LogP contribution in [-0.2, 0) is 0 Å². The zero-order valence-corrected chi connectivity index (χ0v) is 13.1. The highest BCUT2D eigenvalue weighted by Gasteiger charge is 2.26. The Morgan fingerprint density at radius 1 is 1.42 bits per heavy atom. The molecule has 0 atom stereocenters. The summed E-state index contributed by atoms with van der Waals surface area (Å²) in [6.45, 7) is 9.19. The highest BCUT2D eigenvalue weighted by Crippen LogP contribution is 2.40. The molecule has 1 aliphatic rings. The fraction of sp³-hybridized carbons (Fsp3) is 0.579. The van der Waals surface area contributed by atoms with Crippen LogP contribution in [0.5, 0.6) is 0 Å². The van der Waals surface area contributed by atoms with Crippen LogP contribution in [0.4, 0.5) is 0 Å². The molecule has 1 rings (SSSR count). The molecule has 0 aromatic carbocycles. The van der Waals surface area contributed by atoms with Crippen LogP contribution in [0.1, 0.15) is 66.2 Å². The Balaban J connectivity index is 2.67. The maximum atomic E-state index is 5.26. The lowest BCUT2D eigenvalue weighted by atomic mass is 9.72. The minimum Gasteiger partial charge on any atom is -0.120 e. The van der Waals surface area contributed by atoms with Gasteiger partial charge in [0.05, 0.1) is 0 Å². The Bertz CT molecular complexity index is 421. The van der Waals surface area contributed by atoms with Crippen LogP contribution in [-0.4, -0.2) is 0 Å². The van der Waals surface area contributed by atoms with Gasteiger partial charge in [-0.05, 0) is 56.9 Å². The largest absolute Gasteiger partial charge is 0.120 e. The highest BCUT2D eigenvalue weighted by atomic mass is 14.3. The standard InChI is InChI=1S/C19H28/c1-6-7-8-9-11-16(2)13-14-18-17(3)12-10-15-19(18,4)5/h1,11,13-14H,7-10,12,15H2,2-5H3/b14-13+,16-11+. The van der Waals surface area contributed by atoms with E-state index in [1.165, 1.54) is 30.4 Å². The van der Waals surface area contributed by atoms with Crippen LogP contribution in [0, 0.1) is 17.8 Å². The Hall–Kier alpha value is -1.22. The highest BCUT2D eigenvalue weighted by molar-refractivity contribution is 5.35. The van der Waals surface area contributed by atoms with Crippen LogP contribution in [0.15, 0.2) is 34.9 Å². The van der Waals surface area contributed by atoms with Crippen molar-refractivity contribution in [2.75, 3.05) is 0 Å². The number of allylic oxidation sites excluding steroid dienone is 6. The van der Waals surface area contributed by atoms with Crippen molar-refractivity contribution in [3.05, 3.63) is 34.9 Å². The van der Waals surface area contributed by atoms with Crippen LogP contribution in [0.3, 0.4) is 0 Å². The molecule has 0 aliphatic heterocycles. The fourth-order valence-corrected chi connectivity index (χ4v) is 2.83. The predicted octanol–water partition coefficient (Wildman–Crippen LogP) is 5.82. The maximum absolute atomic E-state index is 5.26. The zero-order chi connectivity index (χ0) is 14.3. The smallest absolute Gasteiger partial charge is 0.00890 e. The number of hydrogen-bond acceptors (Lipinski definition) is 0. The Morgan fingerprint density at radius 3 is 2.79 bits per heavy atom. The van der Waals surface area contributed by atoms with Gasteiger partial charge in [0.2, 0.25) is 0 Å². The van der Waals surface area contributed by atoms with Crippen molar-refractivity contribution in [2.24, 2.45) is 5.41 Å². The average Bonchev–Trinajstić information content (AvgIpc) is 2.33. The lowest BCUT2D eigenvalue weighted by molar-refractivity contribution is 0.377. The molecule has 0 aromatic rings. The second kappa shape index (κ2) is 7.39. The van der Waals surface area contributed by atoms with Crippen molar-refractivity contribution in [3.8, 4) is 12.3 Å². The number of rotatable bonds is 5. The van der Waals surface area contributed by atoms with Gasteiger partial charge in [0.15, 0.2) is 0 Å². The first kappa shape index (κ1) is 15.8. The van der Waals surface area contributed by atoms with Crippen molar-refractivity contribution < 1.29 is 0 Å². The summed E-state index contributed by atoms with van der Waals surface area (Å²) >= 11 is 0. The van der Waals surface area contributed by atoms with Crippen molar-refractivity contribution in [1.29, 1.82) is 0 Å². The van der Waals surface area contributed by atoms with Crippen molar-refractivity contribution in [3.63, 3.8) is 0 Å². The predicted molar refractivity (Wildman–Crippen MR) is 85.9 cm³/mol. The van der Waals surface area contributed by atoms with E-state index in [0.717, 1.165) is 19.3 Å². The number of hydrogen-bond donors (Lipinski definition) is 0. The Labute approximate surface area is 119 Å². The van der Waals surface area contributed by atoms with Gasteiger partial charge in [-0.2, -0.15) is 0 Å². The van der Waals surface area contributed by atoms with E-state index < -0.39 is 0 Å². The third-order valence-corrected chi connectivity index (χ3v) is 4.05. The van der Waals surface area contributed by atoms with E-state index in [2.05, 4.69) is 51.8 Å². The van der Waals surface area contributed by atoms with Crippen molar-refractivity contribution >= 4 is 0 Å². The molecule has 0 nitrogen and oxygen atoms in total. The lowest BCUT2D eigenvalue weighted by Gasteiger charge is -2.32. The molecule has 0 saturated carbocycles. The summed E-state index contributed by atoms with van der Waals surface area (Å²) in [5.41, 5.74) is 4.78. The molecular formula is C19H28. The van der Waals surface area contributed by atoms with Gasteiger partial charge in [-0.15, -0.1) is 12.3 Å². The Morgan fingerprint density at radius 2 is 2.16 bits per heavy atom. The molecule has 0 bridgehead atoms. The normalized spacial score (nSPS) is 19.8. The summed E-state index contributed by atoms with van der Waals surface area (Å²) in [5.74, 6) is 2.69. The lowest BCUT2D eigenvalue weighted by Crippen LogP contribution is -2.19. The second-order valence-corrected chi connectivity index (χ2v) is 6.31. The Kier molecular flexibility index (Phi) is 6.16. The minimum atomic E-state index is 0.336. The van der Waals surface area contributed by atoms with Crippen LogP contribution in [0.25, 0.3) is 0 Å². The average molecular weight is 256 g/mol. The molecule has 0 heterocycles. The third kappa shape index (κ3) is 5.11. The maximum Gasteiger partial charge on any atom is 0.00890 e. The molecule has 0 aromatic heterocycles. The van der Waals surface area contributed by atoms with E-state index in [1.807, 2.05) is 0 Å². The van der Waals surface area contributed by atoms with E-state index in [4.69, 9.17) is 6.42 Å². The van der Waals surface area contributed by atoms with Gasteiger partial charge >= 0.3 is 0 Å². The molecule has 0 N–H and O–H groups in total. The fourth-order valence-electron chi connectivity index (χ4n) is 2.83. The van der Waals surface area contributed by atoms with Crippen molar-refractivity contribution in [2.45, 2.75) is 66.2 Å². The van der Waals surface area contributed by atoms with Crippen LogP contribution >= 0.6 is 0 Å². The van der Waals surface area contributed by atoms with Crippen LogP contribution < -0.4 is 0 Å². The van der Waals surface area contributed by atoms with Crippen molar-refractivity contribution in [1.82, 2.24) is 0 Å². The molecule has 0 spiro atoms. The summed E-state index contributed by atoms with van der Waals surface area (Å²) < 4.78 is 0. The zero-order valence-electron chi connectivity index (χ0n) is 13.1. The van der Waals surface area contributed by atoms with Gasteiger partial charge in [-0.1, -0.05) is 43.2 Å². The molecule has 0 fully saturated rings. The van der Waals surface area contributed by atoms with E-state index in [-0.39, 0.29) is 0 Å².